The molecule has 5 nitrogen and oxygen atoms in total. The van der Waals surface area contributed by atoms with Crippen molar-refractivity contribution in [3.05, 3.63) is 29.6 Å². The largest absolute Gasteiger partial charge is 0.326 e. The molecule has 1 atom stereocenters. The Morgan fingerprint density at radius 3 is 2.67 bits per heavy atom. The Morgan fingerprint density at radius 2 is 2.10 bits per heavy atom. The van der Waals surface area contributed by atoms with Crippen LogP contribution in [0.15, 0.2) is 23.1 Å². The SMILES string of the molecule is CCC(C)N(C)CCNS(=O)(=O)c1cc(F)ccc1CN. The van der Waals surface area contributed by atoms with Gasteiger partial charge >= 0.3 is 0 Å². The van der Waals surface area contributed by atoms with E-state index in [4.69, 9.17) is 5.73 Å². The van der Waals surface area contributed by atoms with E-state index in [2.05, 4.69) is 23.5 Å². The van der Waals surface area contributed by atoms with Crippen LogP contribution >= 0.6 is 0 Å². The number of nitrogens with two attached hydrogens (primary N) is 1. The van der Waals surface area contributed by atoms with Crippen LogP contribution in [-0.2, 0) is 16.6 Å². The summed E-state index contributed by atoms with van der Waals surface area (Å²) in [5.41, 5.74) is 5.91. The van der Waals surface area contributed by atoms with Gasteiger partial charge in [0.1, 0.15) is 5.82 Å². The third-order valence-electron chi connectivity index (χ3n) is 3.64. The molecule has 1 rings (SSSR count). The summed E-state index contributed by atoms with van der Waals surface area (Å²) in [5, 5.41) is 0. The van der Waals surface area contributed by atoms with E-state index in [-0.39, 0.29) is 18.0 Å². The van der Waals surface area contributed by atoms with Gasteiger partial charge in [0.2, 0.25) is 10.0 Å². The lowest BCUT2D eigenvalue weighted by atomic mass is 10.2. The highest BCUT2D eigenvalue weighted by Gasteiger charge is 2.19. The van der Waals surface area contributed by atoms with Crippen LogP contribution < -0.4 is 10.5 Å². The van der Waals surface area contributed by atoms with Crippen molar-refractivity contribution in [2.45, 2.75) is 37.8 Å². The lowest BCUT2D eigenvalue weighted by Crippen LogP contribution is -2.37. The average Bonchev–Trinajstić information content (AvgIpc) is 2.46. The number of hydrogen-bond acceptors (Lipinski definition) is 4. The van der Waals surface area contributed by atoms with Gasteiger partial charge in [-0.2, -0.15) is 0 Å². The summed E-state index contributed by atoms with van der Waals surface area (Å²) in [4.78, 5) is 1.98. The zero-order valence-electron chi connectivity index (χ0n) is 12.8. The van der Waals surface area contributed by atoms with E-state index in [0.717, 1.165) is 12.5 Å². The van der Waals surface area contributed by atoms with E-state index in [1.165, 1.54) is 12.1 Å². The Labute approximate surface area is 126 Å². The first-order chi connectivity index (χ1) is 9.81. The Morgan fingerprint density at radius 1 is 1.43 bits per heavy atom. The first-order valence-electron chi connectivity index (χ1n) is 7.00. The van der Waals surface area contributed by atoms with Crippen LogP contribution in [0.4, 0.5) is 4.39 Å². The molecule has 0 aromatic heterocycles. The maximum absolute atomic E-state index is 13.3. The second kappa shape index (κ2) is 7.84. The van der Waals surface area contributed by atoms with E-state index < -0.39 is 15.8 Å². The zero-order chi connectivity index (χ0) is 16.0. The number of benzene rings is 1. The lowest BCUT2D eigenvalue weighted by Gasteiger charge is -2.23. The summed E-state index contributed by atoms with van der Waals surface area (Å²) in [5.74, 6) is -0.593. The van der Waals surface area contributed by atoms with Crippen LogP contribution in [0.3, 0.4) is 0 Å². The molecule has 0 saturated heterocycles. The monoisotopic (exact) mass is 317 g/mol. The van der Waals surface area contributed by atoms with Crippen LogP contribution in [0.1, 0.15) is 25.8 Å². The summed E-state index contributed by atoms with van der Waals surface area (Å²) in [7, 11) is -1.81. The molecule has 0 aliphatic rings. The van der Waals surface area contributed by atoms with Crippen molar-refractivity contribution in [1.82, 2.24) is 9.62 Å². The standard InChI is InChI=1S/C14H24FN3O2S/c1-4-11(2)18(3)8-7-17-21(19,20)14-9-13(15)6-5-12(14)10-16/h5-6,9,11,17H,4,7-8,10,16H2,1-3H3. The molecule has 0 aliphatic heterocycles. The number of sulfonamides is 1. The molecule has 0 radical (unpaired) electrons. The minimum absolute atomic E-state index is 0.0449. The highest BCUT2D eigenvalue weighted by Crippen LogP contribution is 2.16. The van der Waals surface area contributed by atoms with Gasteiger partial charge in [-0.1, -0.05) is 13.0 Å². The predicted molar refractivity (Wildman–Crippen MR) is 81.9 cm³/mol. The van der Waals surface area contributed by atoms with Gasteiger partial charge in [0.25, 0.3) is 0 Å². The summed E-state index contributed by atoms with van der Waals surface area (Å²) in [6.45, 7) is 5.05. The zero-order valence-corrected chi connectivity index (χ0v) is 13.6. The first kappa shape index (κ1) is 18.0. The fourth-order valence-corrected chi connectivity index (χ4v) is 3.19. The molecule has 0 spiro atoms. The molecule has 0 bridgehead atoms. The molecular weight excluding hydrogens is 293 g/mol. The topological polar surface area (TPSA) is 75.4 Å². The fraction of sp³-hybridized carbons (Fsp3) is 0.571. The summed E-state index contributed by atoms with van der Waals surface area (Å²) >= 11 is 0. The Hall–Kier alpha value is -1.02. The molecule has 7 heteroatoms. The maximum Gasteiger partial charge on any atom is 0.241 e. The quantitative estimate of drug-likeness (QED) is 0.758. The van der Waals surface area contributed by atoms with E-state index in [1.54, 1.807) is 0 Å². The van der Waals surface area contributed by atoms with Crippen LogP contribution in [0.25, 0.3) is 0 Å². The molecule has 1 aromatic carbocycles. The van der Waals surface area contributed by atoms with E-state index >= 15 is 0 Å². The van der Waals surface area contributed by atoms with Crippen molar-refractivity contribution in [2.24, 2.45) is 5.73 Å². The summed E-state index contributed by atoms with van der Waals surface area (Å²) in [6, 6.07) is 3.99. The maximum atomic E-state index is 13.3. The van der Waals surface area contributed by atoms with Gasteiger partial charge in [-0.3, -0.25) is 0 Å². The summed E-state index contributed by atoms with van der Waals surface area (Å²) in [6.07, 6.45) is 0.991. The molecule has 1 unspecified atom stereocenters. The third-order valence-corrected chi connectivity index (χ3v) is 5.18. The van der Waals surface area contributed by atoms with Crippen LogP contribution in [0, 0.1) is 5.82 Å². The van der Waals surface area contributed by atoms with Gasteiger partial charge in [0, 0.05) is 25.7 Å². The van der Waals surface area contributed by atoms with Gasteiger partial charge in [-0.15, -0.1) is 0 Å². The number of nitrogens with one attached hydrogen (secondary N) is 1. The lowest BCUT2D eigenvalue weighted by molar-refractivity contribution is 0.256. The number of rotatable bonds is 8. The van der Waals surface area contributed by atoms with E-state index in [0.29, 0.717) is 18.2 Å². The molecular formula is C14H24FN3O2S. The molecule has 1 aromatic rings. The van der Waals surface area contributed by atoms with Crippen LogP contribution in [-0.4, -0.2) is 39.5 Å². The van der Waals surface area contributed by atoms with Crippen molar-refractivity contribution < 1.29 is 12.8 Å². The van der Waals surface area contributed by atoms with Gasteiger partial charge < -0.3 is 10.6 Å². The molecule has 0 fully saturated rings. The molecule has 3 N–H and O–H groups in total. The Balaban J connectivity index is 2.76. The molecule has 21 heavy (non-hydrogen) atoms. The van der Waals surface area contributed by atoms with Crippen molar-refractivity contribution in [3.63, 3.8) is 0 Å². The van der Waals surface area contributed by atoms with Gasteiger partial charge in [-0.25, -0.2) is 17.5 Å². The summed E-state index contributed by atoms with van der Waals surface area (Å²) < 4.78 is 40.2. The highest BCUT2D eigenvalue weighted by atomic mass is 32.2. The smallest absolute Gasteiger partial charge is 0.241 e. The fourth-order valence-electron chi connectivity index (χ4n) is 1.91. The van der Waals surface area contributed by atoms with Gasteiger partial charge in [-0.05, 0) is 38.1 Å². The van der Waals surface area contributed by atoms with Crippen LogP contribution in [0.2, 0.25) is 0 Å². The second-order valence-electron chi connectivity index (χ2n) is 5.09. The third kappa shape index (κ3) is 5.03. The highest BCUT2D eigenvalue weighted by molar-refractivity contribution is 7.89. The molecule has 0 heterocycles. The van der Waals surface area contributed by atoms with Crippen molar-refractivity contribution >= 4 is 10.0 Å². The second-order valence-corrected chi connectivity index (χ2v) is 6.83. The number of likely N-dealkylation sites (N-methyl/N-ethyl adjacent to an activating group) is 1. The van der Waals surface area contributed by atoms with Crippen LogP contribution in [0.5, 0.6) is 0 Å². The Bertz CT molecular complexity index is 563. The first-order valence-corrected chi connectivity index (χ1v) is 8.48. The van der Waals surface area contributed by atoms with Crippen molar-refractivity contribution in [2.75, 3.05) is 20.1 Å². The predicted octanol–water partition coefficient (Wildman–Crippen LogP) is 1.29. The minimum Gasteiger partial charge on any atom is -0.326 e. The number of nitrogens with zero attached hydrogens (tertiary/aromatic N) is 1. The minimum atomic E-state index is -3.75. The average molecular weight is 317 g/mol. The van der Waals surface area contributed by atoms with Gasteiger partial charge in [0.05, 0.1) is 4.90 Å². The van der Waals surface area contributed by atoms with E-state index in [1.807, 2.05) is 7.05 Å². The molecule has 120 valence electrons. The van der Waals surface area contributed by atoms with E-state index in [9.17, 15) is 12.8 Å². The molecule has 0 aliphatic carbocycles. The molecule has 0 saturated carbocycles. The van der Waals surface area contributed by atoms with Gasteiger partial charge in [0.15, 0.2) is 0 Å². The normalized spacial score (nSPS) is 13.6. The van der Waals surface area contributed by atoms with Crippen molar-refractivity contribution in [3.8, 4) is 0 Å². The molecule has 0 amide bonds. The Kier molecular flexibility index (Phi) is 6.73. The number of halogens is 1. The van der Waals surface area contributed by atoms with Crippen molar-refractivity contribution in [1.29, 1.82) is 0 Å². The number of hydrogen-bond donors (Lipinski definition) is 2.